The second-order valence-corrected chi connectivity index (χ2v) is 8.45. The first-order valence-corrected chi connectivity index (χ1v) is 11.0. The van der Waals surface area contributed by atoms with Crippen LogP contribution in [0.15, 0.2) is 41.2 Å². The highest BCUT2D eigenvalue weighted by atomic mass is 16.6. The summed E-state index contributed by atoms with van der Waals surface area (Å²) in [5.74, 6) is -2.53. The number of nitrogens with zero attached hydrogens (tertiary/aromatic N) is 2. The van der Waals surface area contributed by atoms with E-state index in [-0.39, 0.29) is 60.9 Å². The highest BCUT2D eigenvalue weighted by molar-refractivity contribution is 6.08. The summed E-state index contributed by atoms with van der Waals surface area (Å²) in [5.41, 5.74) is 7.14. The van der Waals surface area contributed by atoms with Gasteiger partial charge in [-0.15, -0.1) is 0 Å². The predicted molar refractivity (Wildman–Crippen MR) is 123 cm³/mol. The van der Waals surface area contributed by atoms with Crippen LogP contribution in [0.25, 0.3) is 0 Å². The number of phenols is 1. The fourth-order valence-corrected chi connectivity index (χ4v) is 4.04. The fourth-order valence-electron chi connectivity index (χ4n) is 4.04. The normalized spacial score (nSPS) is 19.8. The van der Waals surface area contributed by atoms with E-state index in [1.807, 2.05) is 13.8 Å². The predicted octanol–water partition coefficient (Wildman–Crippen LogP) is 1.96. The molecule has 0 aromatic heterocycles. The number of hydrogen-bond donors (Lipinski definition) is 3. The zero-order valence-electron chi connectivity index (χ0n) is 19.4. The van der Waals surface area contributed by atoms with Gasteiger partial charge in [0, 0.05) is 18.8 Å². The first-order chi connectivity index (χ1) is 16.2. The van der Waals surface area contributed by atoms with Crippen molar-refractivity contribution in [2.24, 2.45) is 22.7 Å². The molecule has 10 nitrogen and oxygen atoms in total. The third-order valence-corrected chi connectivity index (χ3v) is 5.76. The molecule has 10 heteroatoms. The summed E-state index contributed by atoms with van der Waals surface area (Å²) >= 11 is 0. The Balaban J connectivity index is 1.74. The van der Waals surface area contributed by atoms with Gasteiger partial charge in [0.1, 0.15) is 11.5 Å². The van der Waals surface area contributed by atoms with Crippen LogP contribution in [-0.2, 0) is 14.3 Å². The number of benzene rings is 1. The van der Waals surface area contributed by atoms with Gasteiger partial charge in [0.25, 0.3) is 0 Å². The number of esters is 1. The minimum Gasteiger partial charge on any atom is -0.507 e. The summed E-state index contributed by atoms with van der Waals surface area (Å²) in [7, 11) is 0. The van der Waals surface area contributed by atoms with Crippen molar-refractivity contribution in [1.29, 1.82) is 0 Å². The lowest BCUT2D eigenvalue weighted by Crippen LogP contribution is -2.38. The SMILES string of the molecule is CCOC(=O)COc1cc(O)c(C(=O)CN2C=C3C=CC(C(N)=NO)C(=O)C3C2)cc1C(C)C. The number of Topliss-reactive ketones (excluding diaryl/α,β-unsaturated/α-hetero) is 2. The average molecular weight is 472 g/mol. The quantitative estimate of drug-likeness (QED) is 0.123. The third kappa shape index (κ3) is 5.22. The molecule has 3 rings (SSSR count). The van der Waals surface area contributed by atoms with E-state index in [2.05, 4.69) is 5.16 Å². The molecule has 0 bridgehead atoms. The number of hydrogen-bond acceptors (Lipinski definition) is 9. The Morgan fingerprint density at radius 3 is 2.71 bits per heavy atom. The number of aromatic hydroxyl groups is 1. The van der Waals surface area contributed by atoms with Crippen LogP contribution in [-0.4, -0.2) is 64.9 Å². The van der Waals surface area contributed by atoms with Crippen LogP contribution >= 0.6 is 0 Å². The molecule has 2 aliphatic rings. The number of phenolic OH excluding ortho intramolecular Hbond substituents is 1. The summed E-state index contributed by atoms with van der Waals surface area (Å²) in [6.07, 6.45) is 5.04. The Kier molecular flexibility index (Phi) is 7.60. The van der Waals surface area contributed by atoms with E-state index in [0.717, 1.165) is 5.57 Å². The molecule has 2 atom stereocenters. The monoisotopic (exact) mass is 471 g/mol. The first-order valence-electron chi connectivity index (χ1n) is 11.0. The fraction of sp³-hybridized carbons (Fsp3) is 0.417. The van der Waals surface area contributed by atoms with Crippen molar-refractivity contribution in [3.05, 3.63) is 47.2 Å². The molecule has 0 spiro atoms. The van der Waals surface area contributed by atoms with E-state index in [1.54, 1.807) is 36.2 Å². The van der Waals surface area contributed by atoms with Gasteiger partial charge >= 0.3 is 5.97 Å². The molecule has 0 saturated carbocycles. The van der Waals surface area contributed by atoms with E-state index >= 15 is 0 Å². The standard InChI is InChI=1S/C24H29N3O7/c1-4-33-22(30)12-34-21-8-19(28)17(7-16(21)13(2)3)20(29)11-27-9-14-5-6-15(24(25)26-32)23(31)18(14)10-27/h5-9,13,15,18,28,32H,4,10-12H2,1-3H3,(H2,25,26). The lowest BCUT2D eigenvalue weighted by molar-refractivity contribution is -0.145. The molecular formula is C24H29N3O7. The number of amidine groups is 1. The molecule has 1 aliphatic carbocycles. The highest BCUT2D eigenvalue weighted by Gasteiger charge is 2.38. The van der Waals surface area contributed by atoms with Crippen molar-refractivity contribution < 1.29 is 34.2 Å². The maximum atomic E-state index is 13.0. The number of carbonyl (C=O) groups is 3. The molecule has 0 saturated heterocycles. The number of allylic oxidation sites excluding steroid dienone is 1. The minimum atomic E-state index is -0.803. The second-order valence-electron chi connectivity index (χ2n) is 8.45. The Hall–Kier alpha value is -3.82. The van der Waals surface area contributed by atoms with Crippen molar-refractivity contribution in [1.82, 2.24) is 4.90 Å². The number of carbonyl (C=O) groups excluding carboxylic acids is 3. The summed E-state index contributed by atoms with van der Waals surface area (Å²) < 4.78 is 10.4. The molecule has 4 N–H and O–H groups in total. The van der Waals surface area contributed by atoms with Crippen molar-refractivity contribution in [2.75, 3.05) is 26.3 Å². The molecule has 182 valence electrons. The molecule has 1 heterocycles. The van der Waals surface area contributed by atoms with Gasteiger partial charge in [-0.25, -0.2) is 4.79 Å². The third-order valence-electron chi connectivity index (χ3n) is 5.76. The maximum absolute atomic E-state index is 13.0. The van der Waals surface area contributed by atoms with E-state index in [0.29, 0.717) is 11.3 Å². The summed E-state index contributed by atoms with van der Waals surface area (Å²) in [6.45, 7) is 5.65. The number of fused-ring (bicyclic) bond motifs is 1. The smallest absolute Gasteiger partial charge is 0.344 e. The molecule has 1 aliphatic heterocycles. The molecule has 1 aromatic rings. The van der Waals surface area contributed by atoms with Gasteiger partial charge in [0.15, 0.2) is 24.0 Å². The number of oxime groups is 1. The largest absolute Gasteiger partial charge is 0.507 e. The van der Waals surface area contributed by atoms with Crippen molar-refractivity contribution in [3.8, 4) is 11.5 Å². The number of nitrogens with two attached hydrogens (primary N) is 1. The van der Waals surface area contributed by atoms with Gasteiger partial charge in [0.05, 0.1) is 30.6 Å². The molecule has 2 unspecified atom stereocenters. The van der Waals surface area contributed by atoms with Gasteiger partial charge in [-0.05, 0) is 30.0 Å². The van der Waals surface area contributed by atoms with Crippen LogP contribution in [0, 0.1) is 11.8 Å². The number of ketones is 2. The Morgan fingerprint density at radius 2 is 2.06 bits per heavy atom. The van der Waals surface area contributed by atoms with Crippen LogP contribution in [0.1, 0.15) is 42.6 Å². The van der Waals surface area contributed by atoms with Gasteiger partial charge < -0.3 is 30.4 Å². The number of rotatable bonds is 9. The Labute approximate surface area is 197 Å². The number of ether oxygens (including phenoxy) is 2. The van der Waals surface area contributed by atoms with Gasteiger partial charge in [-0.2, -0.15) is 0 Å². The van der Waals surface area contributed by atoms with Crippen molar-refractivity contribution in [2.45, 2.75) is 26.7 Å². The molecule has 0 radical (unpaired) electrons. The van der Waals surface area contributed by atoms with Gasteiger partial charge in [0.2, 0.25) is 0 Å². The summed E-state index contributed by atoms with van der Waals surface area (Å²) in [4.78, 5) is 39.1. The minimum absolute atomic E-state index is 0.0422. The molecule has 0 fully saturated rings. The zero-order chi connectivity index (χ0) is 25.0. The van der Waals surface area contributed by atoms with Gasteiger partial charge in [-0.1, -0.05) is 31.2 Å². The Bertz CT molecular complexity index is 1070. The van der Waals surface area contributed by atoms with Crippen LogP contribution in [0.2, 0.25) is 0 Å². The molecule has 1 aromatic carbocycles. The van der Waals surface area contributed by atoms with Crippen LogP contribution < -0.4 is 10.5 Å². The van der Waals surface area contributed by atoms with Crippen molar-refractivity contribution in [3.63, 3.8) is 0 Å². The first kappa shape index (κ1) is 24.8. The van der Waals surface area contributed by atoms with Crippen LogP contribution in [0.3, 0.4) is 0 Å². The summed E-state index contributed by atoms with van der Waals surface area (Å²) in [5, 5.41) is 22.3. The van der Waals surface area contributed by atoms with E-state index in [9.17, 15) is 19.5 Å². The zero-order valence-corrected chi connectivity index (χ0v) is 19.4. The van der Waals surface area contributed by atoms with E-state index in [1.165, 1.54) is 6.07 Å². The van der Waals surface area contributed by atoms with E-state index < -0.39 is 17.8 Å². The van der Waals surface area contributed by atoms with Crippen molar-refractivity contribution >= 4 is 23.4 Å². The Morgan fingerprint density at radius 1 is 1.32 bits per heavy atom. The summed E-state index contributed by atoms with van der Waals surface area (Å²) in [6, 6.07) is 2.90. The molecular weight excluding hydrogens is 442 g/mol. The lowest BCUT2D eigenvalue weighted by Gasteiger charge is -2.22. The van der Waals surface area contributed by atoms with Crippen LogP contribution in [0.4, 0.5) is 0 Å². The van der Waals surface area contributed by atoms with Crippen LogP contribution in [0.5, 0.6) is 11.5 Å². The molecule has 0 amide bonds. The van der Waals surface area contributed by atoms with Gasteiger partial charge in [-0.3, -0.25) is 9.59 Å². The van der Waals surface area contributed by atoms with E-state index in [4.69, 9.17) is 20.4 Å². The molecule has 34 heavy (non-hydrogen) atoms. The maximum Gasteiger partial charge on any atom is 0.344 e. The lowest BCUT2D eigenvalue weighted by atomic mass is 9.83. The second kappa shape index (κ2) is 10.4. The average Bonchev–Trinajstić information content (AvgIpc) is 3.20. The highest BCUT2D eigenvalue weighted by Crippen LogP contribution is 2.35. The topological polar surface area (TPSA) is 152 Å².